The maximum absolute atomic E-state index is 2.46. The second-order valence-electron chi connectivity index (χ2n) is 5.89. The van der Waals surface area contributed by atoms with Gasteiger partial charge in [-0.05, 0) is 12.8 Å². The molecule has 0 unspecified atom stereocenters. The topological polar surface area (TPSA) is 6.48 Å². The molecule has 0 bridgehead atoms. The molecular formula is C17H34N2. The van der Waals surface area contributed by atoms with Crippen molar-refractivity contribution in [1.82, 2.24) is 9.80 Å². The van der Waals surface area contributed by atoms with Gasteiger partial charge in [0.1, 0.15) is 0 Å². The number of rotatable bonds is 12. The second-order valence-corrected chi connectivity index (χ2v) is 5.89. The van der Waals surface area contributed by atoms with Gasteiger partial charge in [0.15, 0.2) is 0 Å². The fourth-order valence-electron chi connectivity index (χ4n) is 2.72. The molecule has 0 spiro atoms. The lowest BCUT2D eigenvalue weighted by Gasteiger charge is -2.20. The molecule has 0 aromatic carbocycles. The van der Waals surface area contributed by atoms with Crippen LogP contribution in [0.5, 0.6) is 0 Å². The largest absolute Gasteiger partial charge is 0.359 e. The number of hydrogen-bond acceptors (Lipinski definition) is 2. The van der Waals surface area contributed by atoms with Gasteiger partial charge in [-0.15, -0.1) is 0 Å². The summed E-state index contributed by atoms with van der Waals surface area (Å²) in [6.07, 6.45) is 18.5. The summed E-state index contributed by atoms with van der Waals surface area (Å²) in [5.74, 6) is 0. The Morgan fingerprint density at radius 2 is 1.16 bits per heavy atom. The third-order valence-corrected chi connectivity index (χ3v) is 3.91. The molecule has 19 heavy (non-hydrogen) atoms. The van der Waals surface area contributed by atoms with Crippen molar-refractivity contribution >= 4 is 0 Å². The van der Waals surface area contributed by atoms with Gasteiger partial charge in [-0.1, -0.05) is 65.2 Å². The Kier molecular flexibility index (Phi) is 9.66. The summed E-state index contributed by atoms with van der Waals surface area (Å²) in [5, 5.41) is 0. The lowest BCUT2D eigenvalue weighted by atomic mass is 10.1. The predicted octanol–water partition coefficient (Wildman–Crippen LogP) is 4.97. The third kappa shape index (κ3) is 8.18. The Morgan fingerprint density at radius 3 is 1.74 bits per heavy atom. The molecule has 2 nitrogen and oxygen atoms in total. The van der Waals surface area contributed by atoms with E-state index in [9.17, 15) is 0 Å². The molecule has 0 saturated carbocycles. The van der Waals surface area contributed by atoms with Gasteiger partial charge in [0, 0.05) is 25.5 Å². The van der Waals surface area contributed by atoms with E-state index in [0.717, 1.165) is 6.67 Å². The molecule has 0 radical (unpaired) electrons. The molecule has 1 aliphatic heterocycles. The maximum Gasteiger partial charge on any atom is 0.0893 e. The average molecular weight is 266 g/mol. The molecular weight excluding hydrogens is 232 g/mol. The van der Waals surface area contributed by atoms with E-state index in [1.165, 1.54) is 77.3 Å². The van der Waals surface area contributed by atoms with Gasteiger partial charge in [-0.3, -0.25) is 0 Å². The van der Waals surface area contributed by atoms with Gasteiger partial charge in [0.2, 0.25) is 0 Å². The van der Waals surface area contributed by atoms with Crippen molar-refractivity contribution in [2.75, 3.05) is 19.8 Å². The van der Waals surface area contributed by atoms with Crippen molar-refractivity contribution in [2.45, 2.75) is 78.1 Å². The van der Waals surface area contributed by atoms with E-state index in [-0.39, 0.29) is 0 Å². The van der Waals surface area contributed by atoms with Crippen LogP contribution < -0.4 is 0 Å². The molecule has 0 amide bonds. The smallest absolute Gasteiger partial charge is 0.0893 e. The van der Waals surface area contributed by atoms with E-state index in [4.69, 9.17) is 0 Å². The van der Waals surface area contributed by atoms with Gasteiger partial charge >= 0.3 is 0 Å². The quantitative estimate of drug-likeness (QED) is 0.460. The number of nitrogens with zero attached hydrogens (tertiary/aromatic N) is 2. The Balaban J connectivity index is 1.83. The van der Waals surface area contributed by atoms with Crippen LogP contribution in [-0.4, -0.2) is 29.6 Å². The van der Waals surface area contributed by atoms with E-state index < -0.39 is 0 Å². The minimum Gasteiger partial charge on any atom is -0.359 e. The normalized spacial score (nSPS) is 14.6. The summed E-state index contributed by atoms with van der Waals surface area (Å²) in [5.41, 5.74) is 0. The van der Waals surface area contributed by atoms with Crippen molar-refractivity contribution in [2.24, 2.45) is 0 Å². The monoisotopic (exact) mass is 266 g/mol. The van der Waals surface area contributed by atoms with Crippen LogP contribution in [0.25, 0.3) is 0 Å². The number of unbranched alkanes of at least 4 members (excludes halogenated alkanes) is 8. The molecule has 0 aliphatic carbocycles. The molecule has 0 atom stereocenters. The Labute approximate surface area is 120 Å². The summed E-state index contributed by atoms with van der Waals surface area (Å²) in [4.78, 5) is 4.87. The van der Waals surface area contributed by atoms with Crippen molar-refractivity contribution in [1.29, 1.82) is 0 Å². The standard InChI is InChI=1S/C17H34N2/c1-3-5-6-7-8-9-10-11-12-14-19-16-15-18(17-19)13-4-2/h15-16H,3-14,17H2,1-2H3. The molecule has 0 saturated heterocycles. The van der Waals surface area contributed by atoms with Crippen molar-refractivity contribution < 1.29 is 0 Å². The summed E-state index contributed by atoms with van der Waals surface area (Å²) < 4.78 is 0. The van der Waals surface area contributed by atoms with E-state index in [0.29, 0.717) is 0 Å². The molecule has 0 fully saturated rings. The average Bonchev–Trinajstić information content (AvgIpc) is 2.85. The first-order valence-corrected chi connectivity index (χ1v) is 8.53. The van der Waals surface area contributed by atoms with Crippen LogP contribution in [0.15, 0.2) is 12.4 Å². The van der Waals surface area contributed by atoms with Gasteiger partial charge in [0.05, 0.1) is 6.67 Å². The maximum atomic E-state index is 2.46. The van der Waals surface area contributed by atoms with Gasteiger partial charge in [-0.25, -0.2) is 0 Å². The molecule has 0 N–H and O–H groups in total. The third-order valence-electron chi connectivity index (χ3n) is 3.91. The molecule has 2 heteroatoms. The zero-order valence-corrected chi connectivity index (χ0v) is 13.2. The van der Waals surface area contributed by atoms with E-state index >= 15 is 0 Å². The van der Waals surface area contributed by atoms with E-state index in [1.807, 2.05) is 0 Å². The van der Waals surface area contributed by atoms with Gasteiger partial charge in [-0.2, -0.15) is 0 Å². The van der Waals surface area contributed by atoms with Crippen LogP contribution in [0.2, 0.25) is 0 Å². The lowest BCUT2D eigenvalue weighted by Crippen LogP contribution is -2.26. The van der Waals surface area contributed by atoms with Gasteiger partial charge < -0.3 is 9.80 Å². The van der Waals surface area contributed by atoms with E-state index in [1.54, 1.807) is 0 Å². The Morgan fingerprint density at radius 1 is 0.632 bits per heavy atom. The highest BCUT2D eigenvalue weighted by Gasteiger charge is 2.09. The Bertz CT molecular complexity index is 225. The highest BCUT2D eigenvalue weighted by Crippen LogP contribution is 2.12. The molecule has 112 valence electrons. The highest BCUT2D eigenvalue weighted by atomic mass is 15.3. The first kappa shape index (κ1) is 16.4. The molecule has 0 aromatic heterocycles. The molecule has 1 aliphatic rings. The zero-order chi connectivity index (χ0) is 13.8. The molecule has 1 rings (SSSR count). The van der Waals surface area contributed by atoms with E-state index in [2.05, 4.69) is 36.0 Å². The summed E-state index contributed by atoms with van der Waals surface area (Å²) in [7, 11) is 0. The van der Waals surface area contributed by atoms with Crippen LogP contribution in [0.3, 0.4) is 0 Å². The second kappa shape index (κ2) is 11.2. The zero-order valence-electron chi connectivity index (χ0n) is 13.2. The van der Waals surface area contributed by atoms with Crippen molar-refractivity contribution in [3.05, 3.63) is 12.4 Å². The first-order chi connectivity index (χ1) is 9.36. The number of hydrogen-bond donors (Lipinski definition) is 0. The van der Waals surface area contributed by atoms with Gasteiger partial charge in [0.25, 0.3) is 0 Å². The minimum absolute atomic E-state index is 1.12. The summed E-state index contributed by atoms with van der Waals surface area (Å²) in [6, 6.07) is 0. The fourth-order valence-corrected chi connectivity index (χ4v) is 2.72. The van der Waals surface area contributed by atoms with Crippen LogP contribution in [0.1, 0.15) is 78.1 Å². The van der Waals surface area contributed by atoms with Crippen LogP contribution in [0.4, 0.5) is 0 Å². The lowest BCUT2D eigenvalue weighted by molar-refractivity contribution is 0.261. The Hall–Kier alpha value is -0.660. The van der Waals surface area contributed by atoms with Crippen molar-refractivity contribution in [3.8, 4) is 0 Å². The highest BCUT2D eigenvalue weighted by molar-refractivity contribution is 4.89. The SMILES string of the molecule is CCCCCCCCCCCN1C=CN(CCC)C1. The van der Waals surface area contributed by atoms with Crippen LogP contribution in [-0.2, 0) is 0 Å². The van der Waals surface area contributed by atoms with Crippen LogP contribution in [0, 0.1) is 0 Å². The van der Waals surface area contributed by atoms with Crippen LogP contribution >= 0.6 is 0 Å². The summed E-state index contributed by atoms with van der Waals surface area (Å²) >= 11 is 0. The fraction of sp³-hybridized carbons (Fsp3) is 0.882. The molecule has 1 heterocycles. The first-order valence-electron chi connectivity index (χ1n) is 8.53. The molecule has 0 aromatic rings. The predicted molar refractivity (Wildman–Crippen MR) is 84.9 cm³/mol. The van der Waals surface area contributed by atoms with Crippen molar-refractivity contribution in [3.63, 3.8) is 0 Å². The summed E-state index contributed by atoms with van der Waals surface area (Å²) in [6.45, 7) is 8.09. The minimum atomic E-state index is 1.12.